The van der Waals surface area contributed by atoms with Gasteiger partial charge in [0.05, 0.1) is 22.2 Å². The number of hydrogen-bond donors (Lipinski definition) is 0. The Labute approximate surface area is 261 Å². The fourth-order valence-corrected chi connectivity index (χ4v) is 10.0. The summed E-state index contributed by atoms with van der Waals surface area (Å²) >= 11 is 0. The van der Waals surface area contributed by atoms with Gasteiger partial charge in [-0.2, -0.15) is 0 Å². The van der Waals surface area contributed by atoms with Crippen molar-refractivity contribution >= 4 is 34.4 Å². The molecule has 0 atom stereocenters. The summed E-state index contributed by atoms with van der Waals surface area (Å²) in [5.41, 5.74) is 7.26. The van der Waals surface area contributed by atoms with Crippen molar-refractivity contribution in [3.63, 3.8) is 0 Å². The zero-order valence-corrected chi connectivity index (χ0v) is 26.4. The van der Waals surface area contributed by atoms with Crippen LogP contribution in [0.25, 0.3) is 27.5 Å². The van der Waals surface area contributed by atoms with Gasteiger partial charge in [-0.25, -0.2) is 0 Å². The van der Waals surface area contributed by atoms with E-state index in [0.717, 1.165) is 17.3 Å². The Hall–Kier alpha value is -3.34. The fourth-order valence-electron chi connectivity index (χ4n) is 10.0. The van der Waals surface area contributed by atoms with Crippen molar-refractivity contribution in [2.75, 3.05) is 0 Å². The van der Waals surface area contributed by atoms with Gasteiger partial charge in [-0.15, -0.1) is 0 Å². The van der Waals surface area contributed by atoms with Gasteiger partial charge in [0, 0.05) is 21.9 Å². The van der Waals surface area contributed by atoms with E-state index in [1.54, 1.807) is 0 Å². The average molecular weight is 580 g/mol. The number of rotatable bonds is 4. The molecule has 1 aliphatic heterocycles. The Balaban J connectivity index is 1.14. The van der Waals surface area contributed by atoms with Crippen LogP contribution in [0.5, 0.6) is 0 Å². The fraction of sp³-hybridized carbons (Fsp3) is 0.400. The van der Waals surface area contributed by atoms with Crippen LogP contribution in [0.2, 0.25) is 0 Å². The lowest BCUT2D eigenvalue weighted by Gasteiger charge is -2.62. The summed E-state index contributed by atoms with van der Waals surface area (Å²) < 4.78 is 15.3. The molecule has 4 heteroatoms. The topological polar surface area (TPSA) is 23.4 Å². The predicted octanol–water partition coefficient (Wildman–Crippen LogP) is 8.83. The summed E-state index contributed by atoms with van der Waals surface area (Å²) in [7, 11) is -0.325. The molecule has 3 nitrogen and oxygen atoms in total. The van der Waals surface area contributed by atoms with Gasteiger partial charge < -0.3 is 13.9 Å². The standard InChI is InChI=1S/C40H42BNO2/c1-38(2)39(3,4)44-41(43-38)32-17-13-28(14-18-32)40(30-22-26-21-27(24-30)25-31(40)23-26)29-15-19-33(20-16-29)42-36-11-7-5-9-34(36)35-10-6-8-12-37(35)42/h5-20,26-27,30-31H,21-25H2,1-4H3. The minimum absolute atomic E-state index is 0.0568. The highest BCUT2D eigenvalue weighted by Crippen LogP contribution is 2.65. The Morgan fingerprint density at radius 3 is 1.52 bits per heavy atom. The summed E-state index contributed by atoms with van der Waals surface area (Å²) in [5, 5.41) is 2.62. The van der Waals surface area contributed by atoms with E-state index in [4.69, 9.17) is 9.31 Å². The smallest absolute Gasteiger partial charge is 0.399 e. The highest BCUT2D eigenvalue weighted by molar-refractivity contribution is 6.62. The SMILES string of the molecule is CC1(C)OB(c2ccc(C3(c4ccc(-n5c6ccccc6c6ccccc65)cc4)C4CC5CC(C4)CC3C5)cc2)OC1(C)C. The highest BCUT2D eigenvalue weighted by Gasteiger charge is 2.59. The van der Waals surface area contributed by atoms with Crippen LogP contribution in [0.15, 0.2) is 97.1 Å². The molecule has 4 bridgehead atoms. The van der Waals surface area contributed by atoms with Gasteiger partial charge in [-0.3, -0.25) is 0 Å². The van der Waals surface area contributed by atoms with Crippen molar-refractivity contribution in [3.05, 3.63) is 108 Å². The van der Waals surface area contributed by atoms with Crippen LogP contribution in [0.1, 0.15) is 70.9 Å². The van der Waals surface area contributed by atoms with Gasteiger partial charge in [-0.1, -0.05) is 72.8 Å². The van der Waals surface area contributed by atoms with E-state index in [-0.39, 0.29) is 23.7 Å². The maximum absolute atomic E-state index is 6.42. The van der Waals surface area contributed by atoms with E-state index in [1.807, 2.05) is 0 Å². The van der Waals surface area contributed by atoms with Crippen molar-refractivity contribution in [1.82, 2.24) is 4.57 Å². The Bertz CT molecular complexity index is 1790. The second-order valence-corrected chi connectivity index (χ2v) is 15.3. The summed E-state index contributed by atoms with van der Waals surface area (Å²) in [6.07, 6.45) is 6.90. The molecule has 0 radical (unpaired) electrons. The lowest BCUT2D eigenvalue weighted by Crippen LogP contribution is -2.56. The minimum atomic E-state index is -0.336. The number of fused-ring (bicyclic) bond motifs is 3. The first-order valence-corrected chi connectivity index (χ1v) is 16.8. The lowest BCUT2D eigenvalue weighted by molar-refractivity contribution is -0.0418. The Morgan fingerprint density at radius 1 is 0.568 bits per heavy atom. The van der Waals surface area contributed by atoms with E-state index < -0.39 is 0 Å². The molecule has 10 rings (SSSR count). The summed E-state index contributed by atoms with van der Waals surface area (Å²) in [5.74, 6) is 3.21. The number of aromatic nitrogens is 1. The van der Waals surface area contributed by atoms with Crippen LogP contribution < -0.4 is 5.46 Å². The van der Waals surface area contributed by atoms with E-state index >= 15 is 0 Å². The number of hydrogen-bond acceptors (Lipinski definition) is 2. The molecule has 4 aliphatic carbocycles. The minimum Gasteiger partial charge on any atom is -0.399 e. The third-order valence-electron chi connectivity index (χ3n) is 12.5. The molecular weight excluding hydrogens is 537 g/mol. The van der Waals surface area contributed by atoms with Crippen LogP contribution in [0.3, 0.4) is 0 Å². The zero-order chi connectivity index (χ0) is 29.8. The van der Waals surface area contributed by atoms with Gasteiger partial charge in [0.2, 0.25) is 0 Å². The first-order chi connectivity index (χ1) is 21.2. The average Bonchev–Trinajstić information content (AvgIpc) is 3.47. The molecule has 2 heterocycles. The van der Waals surface area contributed by atoms with Gasteiger partial charge in [0.25, 0.3) is 0 Å². The first kappa shape index (κ1) is 27.0. The Morgan fingerprint density at radius 2 is 1.02 bits per heavy atom. The second kappa shape index (κ2) is 9.34. The molecule has 4 saturated carbocycles. The van der Waals surface area contributed by atoms with Crippen LogP contribution in [-0.4, -0.2) is 22.9 Å². The molecule has 5 aliphatic rings. The van der Waals surface area contributed by atoms with Crippen LogP contribution in [0, 0.1) is 23.7 Å². The molecule has 44 heavy (non-hydrogen) atoms. The van der Waals surface area contributed by atoms with Crippen molar-refractivity contribution in [2.24, 2.45) is 23.7 Å². The summed E-state index contributed by atoms with van der Waals surface area (Å²) in [6.45, 7) is 8.53. The molecule has 0 spiro atoms. The molecule has 5 aromatic rings. The van der Waals surface area contributed by atoms with Crippen LogP contribution >= 0.6 is 0 Å². The monoisotopic (exact) mass is 579 g/mol. The number of para-hydroxylation sites is 2. The highest BCUT2D eigenvalue weighted by atomic mass is 16.7. The maximum atomic E-state index is 6.42. The van der Waals surface area contributed by atoms with Crippen LogP contribution in [-0.2, 0) is 14.7 Å². The van der Waals surface area contributed by atoms with E-state index in [2.05, 4.69) is 129 Å². The maximum Gasteiger partial charge on any atom is 0.494 e. The number of nitrogens with zero attached hydrogens (tertiary/aromatic N) is 1. The molecule has 0 amide bonds. The molecule has 5 fully saturated rings. The summed E-state index contributed by atoms with van der Waals surface area (Å²) in [6, 6.07) is 36.8. The molecule has 1 saturated heterocycles. The largest absolute Gasteiger partial charge is 0.494 e. The van der Waals surface area contributed by atoms with Crippen LogP contribution in [0.4, 0.5) is 0 Å². The quantitative estimate of drug-likeness (QED) is 0.199. The third-order valence-corrected chi connectivity index (χ3v) is 12.5. The van der Waals surface area contributed by atoms with Crippen molar-refractivity contribution < 1.29 is 9.31 Å². The van der Waals surface area contributed by atoms with Crippen molar-refractivity contribution in [2.45, 2.75) is 76.4 Å². The molecule has 0 N–H and O–H groups in total. The van der Waals surface area contributed by atoms with Crippen molar-refractivity contribution in [1.29, 1.82) is 0 Å². The summed E-state index contributed by atoms with van der Waals surface area (Å²) in [4.78, 5) is 0. The van der Waals surface area contributed by atoms with E-state index in [1.165, 1.54) is 70.7 Å². The van der Waals surface area contributed by atoms with Gasteiger partial charge in [0.1, 0.15) is 0 Å². The van der Waals surface area contributed by atoms with Crippen molar-refractivity contribution in [3.8, 4) is 5.69 Å². The Kier molecular flexibility index (Phi) is 5.74. The third kappa shape index (κ3) is 3.71. The molecule has 0 unspecified atom stereocenters. The van der Waals surface area contributed by atoms with Gasteiger partial charge in [-0.05, 0) is 124 Å². The molecule has 1 aromatic heterocycles. The predicted molar refractivity (Wildman–Crippen MR) is 181 cm³/mol. The second-order valence-electron chi connectivity index (χ2n) is 15.3. The van der Waals surface area contributed by atoms with Gasteiger partial charge >= 0.3 is 7.12 Å². The van der Waals surface area contributed by atoms with E-state index in [9.17, 15) is 0 Å². The molecular formula is C40H42BNO2. The van der Waals surface area contributed by atoms with Gasteiger partial charge in [0.15, 0.2) is 0 Å². The molecule has 4 aromatic carbocycles. The zero-order valence-electron chi connectivity index (χ0n) is 26.4. The normalized spacial score (nSPS) is 30.0. The lowest BCUT2D eigenvalue weighted by atomic mass is 9.42. The van der Waals surface area contributed by atoms with E-state index in [0.29, 0.717) is 11.8 Å². The number of benzene rings is 4. The first-order valence-electron chi connectivity index (χ1n) is 16.8. The molecule has 222 valence electrons.